The summed E-state index contributed by atoms with van der Waals surface area (Å²) in [6.07, 6.45) is 3.53. The van der Waals surface area contributed by atoms with E-state index in [1.54, 1.807) is 30.6 Å². The average molecular weight is 258 g/mol. The summed E-state index contributed by atoms with van der Waals surface area (Å²) in [5.41, 5.74) is 1.57. The second-order valence-electron chi connectivity index (χ2n) is 4.61. The highest BCUT2D eigenvalue weighted by atomic mass is 16.3. The van der Waals surface area contributed by atoms with E-state index in [2.05, 4.69) is 10.3 Å². The molecule has 1 heterocycles. The number of nitrogens with one attached hydrogen (secondary N) is 1. The van der Waals surface area contributed by atoms with E-state index in [-0.39, 0.29) is 23.6 Å². The van der Waals surface area contributed by atoms with Gasteiger partial charge < -0.3 is 15.5 Å². The second-order valence-corrected chi connectivity index (χ2v) is 4.61. The quantitative estimate of drug-likeness (QED) is 0.789. The van der Waals surface area contributed by atoms with Crippen molar-refractivity contribution in [3.05, 3.63) is 53.9 Å². The van der Waals surface area contributed by atoms with Gasteiger partial charge in [-0.15, -0.1) is 0 Å². The van der Waals surface area contributed by atoms with Crippen LogP contribution in [0.25, 0.3) is 0 Å². The first-order chi connectivity index (χ1) is 9.09. The molecule has 100 valence electrons. The lowest BCUT2D eigenvalue weighted by atomic mass is 10.0. The Labute approximate surface area is 112 Å². The van der Waals surface area contributed by atoms with Crippen molar-refractivity contribution < 1.29 is 10.2 Å². The number of phenolic OH excluding ortho intramolecular Hbond substituents is 2. The van der Waals surface area contributed by atoms with Crippen molar-refractivity contribution in [2.45, 2.75) is 25.9 Å². The molecule has 0 amide bonds. The fourth-order valence-corrected chi connectivity index (χ4v) is 2.17. The van der Waals surface area contributed by atoms with Crippen molar-refractivity contribution in [1.29, 1.82) is 0 Å². The summed E-state index contributed by atoms with van der Waals surface area (Å²) < 4.78 is 0. The van der Waals surface area contributed by atoms with Gasteiger partial charge in [-0.1, -0.05) is 12.1 Å². The molecule has 0 spiro atoms. The van der Waals surface area contributed by atoms with Crippen LogP contribution < -0.4 is 5.32 Å². The Kier molecular flexibility index (Phi) is 4.02. The fourth-order valence-electron chi connectivity index (χ4n) is 2.17. The van der Waals surface area contributed by atoms with E-state index in [0.717, 1.165) is 5.56 Å². The SMILES string of the molecule is CC(N[C@H](C)c1cccnc1)c1c(O)cccc1O. The number of aromatic nitrogens is 1. The highest BCUT2D eigenvalue weighted by Crippen LogP contribution is 2.33. The molecular formula is C15H18N2O2. The van der Waals surface area contributed by atoms with Gasteiger partial charge in [0.1, 0.15) is 11.5 Å². The molecular weight excluding hydrogens is 240 g/mol. The summed E-state index contributed by atoms with van der Waals surface area (Å²) in [4.78, 5) is 4.08. The highest BCUT2D eigenvalue weighted by molar-refractivity contribution is 5.45. The van der Waals surface area contributed by atoms with Crippen LogP contribution in [0.4, 0.5) is 0 Å². The average Bonchev–Trinajstić information content (AvgIpc) is 2.39. The minimum absolute atomic E-state index is 0.0720. The van der Waals surface area contributed by atoms with E-state index in [0.29, 0.717) is 5.56 Å². The van der Waals surface area contributed by atoms with E-state index in [4.69, 9.17) is 0 Å². The number of hydrogen-bond donors (Lipinski definition) is 3. The first kappa shape index (κ1) is 13.4. The Morgan fingerprint density at radius 1 is 1.00 bits per heavy atom. The molecule has 1 aromatic heterocycles. The maximum atomic E-state index is 9.83. The summed E-state index contributed by atoms with van der Waals surface area (Å²) in [5.74, 6) is 0.191. The first-order valence-corrected chi connectivity index (χ1v) is 6.26. The van der Waals surface area contributed by atoms with Crippen molar-refractivity contribution >= 4 is 0 Å². The van der Waals surface area contributed by atoms with Crippen LogP contribution in [0.15, 0.2) is 42.7 Å². The molecule has 0 aliphatic heterocycles. The molecule has 0 aliphatic carbocycles. The lowest BCUT2D eigenvalue weighted by molar-refractivity contribution is 0.407. The summed E-state index contributed by atoms with van der Waals surface area (Å²) in [5, 5.41) is 23.0. The van der Waals surface area contributed by atoms with Crippen molar-refractivity contribution in [2.24, 2.45) is 0 Å². The molecule has 0 bridgehead atoms. The number of phenols is 2. The summed E-state index contributed by atoms with van der Waals surface area (Å²) in [6.45, 7) is 3.92. The number of benzene rings is 1. The van der Waals surface area contributed by atoms with Crippen molar-refractivity contribution in [3.8, 4) is 11.5 Å². The lowest BCUT2D eigenvalue weighted by Gasteiger charge is -2.21. The number of aromatic hydroxyl groups is 2. The van der Waals surface area contributed by atoms with Crippen molar-refractivity contribution in [2.75, 3.05) is 0 Å². The molecule has 2 aromatic rings. The Morgan fingerprint density at radius 3 is 2.26 bits per heavy atom. The zero-order valence-electron chi connectivity index (χ0n) is 11.0. The minimum atomic E-state index is -0.170. The zero-order chi connectivity index (χ0) is 13.8. The fraction of sp³-hybridized carbons (Fsp3) is 0.267. The van der Waals surface area contributed by atoms with Gasteiger partial charge in [-0.25, -0.2) is 0 Å². The molecule has 3 N–H and O–H groups in total. The molecule has 19 heavy (non-hydrogen) atoms. The molecule has 2 rings (SSSR count). The standard InChI is InChI=1S/C15H18N2O2/c1-10(12-5-4-8-16-9-12)17-11(2)15-13(18)6-3-7-14(15)19/h3-11,17-19H,1-2H3/t10-,11?/m1/s1. The Hall–Kier alpha value is -2.07. The third-order valence-electron chi connectivity index (χ3n) is 3.18. The maximum Gasteiger partial charge on any atom is 0.124 e. The number of pyridine rings is 1. The largest absolute Gasteiger partial charge is 0.507 e. The molecule has 4 nitrogen and oxygen atoms in total. The maximum absolute atomic E-state index is 9.83. The third-order valence-corrected chi connectivity index (χ3v) is 3.18. The van der Waals surface area contributed by atoms with Crippen molar-refractivity contribution in [1.82, 2.24) is 10.3 Å². The Bertz CT molecular complexity index is 523. The van der Waals surface area contributed by atoms with Gasteiger partial charge in [0.25, 0.3) is 0 Å². The molecule has 0 aliphatic rings. The summed E-state index contributed by atoms with van der Waals surface area (Å²) in [7, 11) is 0. The van der Waals surface area contributed by atoms with Gasteiger partial charge in [-0.2, -0.15) is 0 Å². The predicted octanol–water partition coefficient (Wildman–Crippen LogP) is 2.90. The van der Waals surface area contributed by atoms with E-state index in [1.165, 1.54) is 0 Å². The molecule has 2 atom stereocenters. The molecule has 0 saturated heterocycles. The zero-order valence-corrected chi connectivity index (χ0v) is 11.0. The van der Waals surface area contributed by atoms with Crippen LogP contribution in [0, 0.1) is 0 Å². The van der Waals surface area contributed by atoms with Gasteiger partial charge in [-0.3, -0.25) is 4.98 Å². The lowest BCUT2D eigenvalue weighted by Crippen LogP contribution is -2.22. The highest BCUT2D eigenvalue weighted by Gasteiger charge is 2.17. The number of rotatable bonds is 4. The van der Waals surface area contributed by atoms with Crippen LogP contribution >= 0.6 is 0 Å². The summed E-state index contributed by atoms with van der Waals surface area (Å²) >= 11 is 0. The predicted molar refractivity (Wildman–Crippen MR) is 74.0 cm³/mol. The molecule has 0 fully saturated rings. The Morgan fingerprint density at radius 2 is 1.68 bits per heavy atom. The van der Waals surface area contributed by atoms with Crippen molar-refractivity contribution in [3.63, 3.8) is 0 Å². The third kappa shape index (κ3) is 3.03. The molecule has 1 unspecified atom stereocenters. The van der Waals surface area contributed by atoms with Crippen LogP contribution in [-0.2, 0) is 0 Å². The minimum Gasteiger partial charge on any atom is -0.507 e. The van der Waals surface area contributed by atoms with E-state index < -0.39 is 0 Å². The topological polar surface area (TPSA) is 65.4 Å². The molecule has 0 radical (unpaired) electrons. The van der Waals surface area contributed by atoms with Crippen LogP contribution in [0.2, 0.25) is 0 Å². The monoisotopic (exact) mass is 258 g/mol. The second kappa shape index (κ2) is 5.71. The molecule has 0 saturated carbocycles. The number of hydrogen-bond acceptors (Lipinski definition) is 4. The normalized spacial score (nSPS) is 14.0. The molecule has 1 aromatic carbocycles. The van der Waals surface area contributed by atoms with Gasteiger partial charge in [0.15, 0.2) is 0 Å². The van der Waals surface area contributed by atoms with Gasteiger partial charge in [-0.05, 0) is 37.6 Å². The number of nitrogens with zero attached hydrogens (tertiary/aromatic N) is 1. The van der Waals surface area contributed by atoms with Gasteiger partial charge in [0.05, 0.1) is 5.56 Å². The smallest absolute Gasteiger partial charge is 0.124 e. The van der Waals surface area contributed by atoms with Gasteiger partial charge in [0, 0.05) is 24.5 Å². The van der Waals surface area contributed by atoms with E-state index in [1.807, 2.05) is 26.0 Å². The van der Waals surface area contributed by atoms with Gasteiger partial charge in [0.2, 0.25) is 0 Å². The van der Waals surface area contributed by atoms with Gasteiger partial charge >= 0.3 is 0 Å². The van der Waals surface area contributed by atoms with Crippen LogP contribution in [0.5, 0.6) is 11.5 Å². The van der Waals surface area contributed by atoms with Crippen LogP contribution in [0.1, 0.15) is 37.1 Å². The van der Waals surface area contributed by atoms with E-state index in [9.17, 15) is 10.2 Å². The van der Waals surface area contributed by atoms with Crippen LogP contribution in [-0.4, -0.2) is 15.2 Å². The van der Waals surface area contributed by atoms with Crippen LogP contribution in [0.3, 0.4) is 0 Å². The molecule has 4 heteroatoms. The summed E-state index contributed by atoms with van der Waals surface area (Å²) in [6, 6.07) is 8.53. The first-order valence-electron chi connectivity index (χ1n) is 6.26. The van der Waals surface area contributed by atoms with E-state index >= 15 is 0 Å². The Balaban J connectivity index is 2.15.